The molecule has 1 aromatic carbocycles. The number of rotatable bonds is 0. The van der Waals surface area contributed by atoms with Gasteiger partial charge in [-0.05, 0) is 46.2 Å². The summed E-state index contributed by atoms with van der Waals surface area (Å²) in [7, 11) is 0. The van der Waals surface area contributed by atoms with E-state index in [2.05, 4.69) is 22.6 Å². The summed E-state index contributed by atoms with van der Waals surface area (Å²) in [6.07, 6.45) is 0. The van der Waals surface area contributed by atoms with Gasteiger partial charge in [0, 0.05) is 4.70 Å². The van der Waals surface area contributed by atoms with Crippen LogP contribution in [0.2, 0.25) is 0 Å². The van der Waals surface area contributed by atoms with E-state index >= 15 is 0 Å². The van der Waals surface area contributed by atoms with Crippen molar-refractivity contribution in [1.82, 2.24) is 0 Å². The Labute approximate surface area is 87.1 Å². The van der Waals surface area contributed by atoms with Gasteiger partial charge in [0.05, 0.1) is 8.57 Å². The standard InChI is InChI=1S/C8H6INOS/c9-5-3-7-4(1-6(5)11)2-8(10)12-7/h1-3,11H,10H2. The number of phenolic OH excluding ortho intramolecular Hbond substituents is 1. The van der Waals surface area contributed by atoms with Crippen molar-refractivity contribution in [3.8, 4) is 5.75 Å². The third kappa shape index (κ3) is 1.25. The molecule has 0 atom stereocenters. The lowest BCUT2D eigenvalue weighted by Gasteiger charge is -1.95. The van der Waals surface area contributed by atoms with Gasteiger partial charge in [-0.15, -0.1) is 11.3 Å². The molecule has 4 heteroatoms. The topological polar surface area (TPSA) is 46.2 Å². The van der Waals surface area contributed by atoms with E-state index in [9.17, 15) is 5.11 Å². The number of nitrogens with two attached hydrogens (primary N) is 1. The van der Waals surface area contributed by atoms with Gasteiger partial charge in [-0.1, -0.05) is 0 Å². The number of halogens is 1. The number of hydrogen-bond acceptors (Lipinski definition) is 3. The Morgan fingerprint density at radius 2 is 2.08 bits per heavy atom. The Bertz CT molecular complexity index is 399. The number of benzene rings is 1. The maximum Gasteiger partial charge on any atom is 0.129 e. The van der Waals surface area contributed by atoms with Crippen molar-refractivity contribution < 1.29 is 5.11 Å². The molecule has 0 aliphatic rings. The quantitative estimate of drug-likeness (QED) is 0.733. The molecule has 2 nitrogen and oxygen atoms in total. The van der Waals surface area contributed by atoms with Gasteiger partial charge in [0.25, 0.3) is 0 Å². The zero-order chi connectivity index (χ0) is 8.72. The van der Waals surface area contributed by atoms with E-state index in [4.69, 9.17) is 5.73 Å². The molecule has 0 saturated carbocycles. The molecule has 62 valence electrons. The van der Waals surface area contributed by atoms with E-state index in [0.29, 0.717) is 5.75 Å². The zero-order valence-corrected chi connectivity index (χ0v) is 9.02. The van der Waals surface area contributed by atoms with Crippen LogP contribution in [0.5, 0.6) is 5.75 Å². The second kappa shape index (κ2) is 2.77. The van der Waals surface area contributed by atoms with Crippen molar-refractivity contribution in [2.24, 2.45) is 0 Å². The van der Waals surface area contributed by atoms with Gasteiger partial charge >= 0.3 is 0 Å². The van der Waals surface area contributed by atoms with Crippen molar-refractivity contribution in [1.29, 1.82) is 0 Å². The molecule has 0 fully saturated rings. The number of fused-ring (bicyclic) bond motifs is 1. The number of anilines is 1. The fourth-order valence-corrected chi connectivity index (χ4v) is 2.60. The fourth-order valence-electron chi connectivity index (χ4n) is 1.07. The summed E-state index contributed by atoms with van der Waals surface area (Å²) in [6, 6.07) is 5.55. The molecule has 0 bridgehead atoms. The average Bonchev–Trinajstić information content (AvgIpc) is 2.30. The molecule has 1 aromatic heterocycles. The van der Waals surface area contributed by atoms with Crippen molar-refractivity contribution >= 4 is 49.0 Å². The largest absolute Gasteiger partial charge is 0.507 e. The third-order valence-electron chi connectivity index (χ3n) is 1.60. The summed E-state index contributed by atoms with van der Waals surface area (Å²) in [5, 5.41) is 11.2. The molecule has 0 radical (unpaired) electrons. The molecule has 1 heterocycles. The number of thiophene rings is 1. The second-order valence-corrected chi connectivity index (χ2v) is 4.77. The predicted octanol–water partition coefficient (Wildman–Crippen LogP) is 2.79. The third-order valence-corrected chi connectivity index (χ3v) is 3.40. The highest BCUT2D eigenvalue weighted by Gasteiger charge is 2.03. The Kier molecular flexibility index (Phi) is 1.88. The van der Waals surface area contributed by atoms with E-state index in [1.54, 1.807) is 6.07 Å². The Balaban J connectivity index is 2.83. The van der Waals surface area contributed by atoms with E-state index in [1.165, 1.54) is 11.3 Å². The molecule has 0 amide bonds. The molecule has 3 N–H and O–H groups in total. The van der Waals surface area contributed by atoms with Gasteiger partial charge in [-0.3, -0.25) is 0 Å². The normalized spacial score (nSPS) is 10.8. The molecule has 0 unspecified atom stereocenters. The van der Waals surface area contributed by atoms with Crippen molar-refractivity contribution in [3.63, 3.8) is 0 Å². The van der Waals surface area contributed by atoms with Gasteiger partial charge in [-0.2, -0.15) is 0 Å². The summed E-state index contributed by atoms with van der Waals surface area (Å²) in [4.78, 5) is 0. The van der Waals surface area contributed by atoms with Gasteiger partial charge in [0.15, 0.2) is 0 Å². The molecule has 12 heavy (non-hydrogen) atoms. The minimum Gasteiger partial charge on any atom is -0.507 e. The number of nitrogen functional groups attached to an aromatic ring is 1. The highest BCUT2D eigenvalue weighted by atomic mass is 127. The monoisotopic (exact) mass is 291 g/mol. The van der Waals surface area contributed by atoms with Crippen molar-refractivity contribution in [3.05, 3.63) is 21.8 Å². The zero-order valence-electron chi connectivity index (χ0n) is 6.04. The van der Waals surface area contributed by atoms with Crippen LogP contribution in [0.15, 0.2) is 18.2 Å². The lowest BCUT2D eigenvalue weighted by atomic mass is 10.2. The van der Waals surface area contributed by atoms with Crippen LogP contribution in [0, 0.1) is 3.57 Å². The Morgan fingerprint density at radius 3 is 2.83 bits per heavy atom. The SMILES string of the molecule is Nc1cc2cc(O)c(I)cc2s1. The first-order chi connectivity index (χ1) is 5.66. The minimum absolute atomic E-state index is 0.320. The van der Waals surface area contributed by atoms with Crippen LogP contribution in [-0.2, 0) is 0 Å². The molecule has 0 saturated heterocycles. The van der Waals surface area contributed by atoms with Crippen LogP contribution in [0.1, 0.15) is 0 Å². The van der Waals surface area contributed by atoms with E-state index < -0.39 is 0 Å². The summed E-state index contributed by atoms with van der Waals surface area (Å²) in [5.41, 5.74) is 5.63. The summed E-state index contributed by atoms with van der Waals surface area (Å²) in [5.74, 6) is 0.320. The van der Waals surface area contributed by atoms with Crippen LogP contribution in [-0.4, -0.2) is 5.11 Å². The first-order valence-corrected chi connectivity index (χ1v) is 5.24. The highest BCUT2D eigenvalue weighted by molar-refractivity contribution is 14.1. The van der Waals surface area contributed by atoms with E-state index in [0.717, 1.165) is 18.7 Å². The lowest BCUT2D eigenvalue weighted by molar-refractivity contribution is 0.472. The van der Waals surface area contributed by atoms with E-state index in [-0.39, 0.29) is 0 Å². The second-order valence-electron chi connectivity index (χ2n) is 2.49. The molecule has 0 aliphatic carbocycles. The van der Waals surface area contributed by atoms with Gasteiger partial charge in [-0.25, -0.2) is 0 Å². The molecular weight excluding hydrogens is 285 g/mol. The smallest absolute Gasteiger partial charge is 0.129 e. The predicted molar refractivity (Wildman–Crippen MR) is 60.6 cm³/mol. The average molecular weight is 291 g/mol. The van der Waals surface area contributed by atoms with E-state index in [1.807, 2.05) is 12.1 Å². The van der Waals surface area contributed by atoms with Gasteiger partial charge < -0.3 is 10.8 Å². The van der Waals surface area contributed by atoms with Crippen LogP contribution in [0.25, 0.3) is 10.1 Å². The van der Waals surface area contributed by atoms with Crippen LogP contribution >= 0.6 is 33.9 Å². The Hall–Kier alpha value is -0.490. The lowest BCUT2D eigenvalue weighted by Crippen LogP contribution is -1.73. The van der Waals surface area contributed by atoms with Gasteiger partial charge in [0.1, 0.15) is 5.75 Å². The molecule has 0 spiro atoms. The fraction of sp³-hybridized carbons (Fsp3) is 0. The van der Waals surface area contributed by atoms with Crippen LogP contribution in [0.3, 0.4) is 0 Å². The highest BCUT2D eigenvalue weighted by Crippen LogP contribution is 2.33. The minimum atomic E-state index is 0.320. The summed E-state index contributed by atoms with van der Waals surface area (Å²) in [6.45, 7) is 0. The summed E-state index contributed by atoms with van der Waals surface area (Å²) >= 11 is 3.63. The maximum atomic E-state index is 9.38. The molecule has 2 aromatic rings. The number of aromatic hydroxyl groups is 1. The number of phenols is 1. The van der Waals surface area contributed by atoms with Crippen LogP contribution < -0.4 is 5.73 Å². The van der Waals surface area contributed by atoms with Crippen LogP contribution in [0.4, 0.5) is 5.00 Å². The van der Waals surface area contributed by atoms with Gasteiger partial charge in [0.2, 0.25) is 0 Å². The first kappa shape index (κ1) is 8.12. The Morgan fingerprint density at radius 1 is 1.33 bits per heavy atom. The molecule has 0 aliphatic heterocycles. The van der Waals surface area contributed by atoms with Crippen molar-refractivity contribution in [2.45, 2.75) is 0 Å². The summed E-state index contributed by atoms with van der Waals surface area (Å²) < 4.78 is 1.98. The maximum absolute atomic E-state index is 9.38. The number of hydrogen-bond donors (Lipinski definition) is 2. The molecular formula is C8H6INOS. The first-order valence-electron chi connectivity index (χ1n) is 3.34. The molecule has 2 rings (SSSR count). The van der Waals surface area contributed by atoms with Crippen molar-refractivity contribution in [2.75, 3.05) is 5.73 Å².